The number of halogens is 2. The molecule has 1 atom stereocenters. The van der Waals surface area contributed by atoms with Gasteiger partial charge in [0, 0.05) is 11.6 Å². The van der Waals surface area contributed by atoms with Gasteiger partial charge < -0.3 is 14.6 Å². The first-order valence-electron chi connectivity index (χ1n) is 7.03. The zero-order chi connectivity index (χ0) is 17.5. The quantitative estimate of drug-likeness (QED) is 0.591. The number of nitrogens with zero attached hydrogens (tertiary/aromatic N) is 1. The van der Waals surface area contributed by atoms with Crippen molar-refractivity contribution in [2.45, 2.75) is 12.7 Å². The normalized spacial score (nSPS) is 12.0. The maximum absolute atomic E-state index is 13.6. The molecule has 2 rings (SSSR count). The smallest absolute Gasteiger partial charge is 0.272 e. The highest BCUT2D eigenvalue weighted by molar-refractivity contribution is 5.37. The molecule has 24 heavy (non-hydrogen) atoms. The van der Waals surface area contributed by atoms with Crippen molar-refractivity contribution in [2.24, 2.45) is 0 Å². The molecule has 0 saturated heterocycles. The maximum atomic E-state index is 13.6. The van der Waals surface area contributed by atoms with Gasteiger partial charge in [-0.2, -0.15) is 0 Å². The number of nitro benzene ring substituents is 1. The third kappa shape index (κ3) is 4.97. The van der Waals surface area contributed by atoms with Gasteiger partial charge in [-0.25, -0.2) is 8.78 Å². The number of ether oxygens (including phenoxy) is 2. The van der Waals surface area contributed by atoms with Crippen LogP contribution in [0.3, 0.4) is 0 Å². The molecule has 0 spiro atoms. The highest BCUT2D eigenvalue weighted by atomic mass is 19.1. The summed E-state index contributed by atoms with van der Waals surface area (Å²) in [5, 5.41) is 20.2. The lowest BCUT2D eigenvalue weighted by molar-refractivity contribution is -0.385. The molecule has 1 unspecified atom stereocenters. The van der Waals surface area contributed by atoms with Crippen molar-refractivity contribution >= 4 is 5.69 Å². The molecule has 0 saturated carbocycles. The molecule has 128 valence electrons. The Morgan fingerprint density at radius 2 is 1.88 bits per heavy atom. The molecule has 0 fully saturated rings. The first-order valence-corrected chi connectivity index (χ1v) is 7.03. The maximum Gasteiger partial charge on any atom is 0.272 e. The number of nitro groups is 1. The molecule has 8 heteroatoms. The molecule has 2 aromatic carbocycles. The highest BCUT2D eigenvalue weighted by Crippen LogP contribution is 2.22. The van der Waals surface area contributed by atoms with Gasteiger partial charge >= 0.3 is 0 Å². The van der Waals surface area contributed by atoms with Gasteiger partial charge in [-0.3, -0.25) is 10.1 Å². The predicted octanol–water partition coefficient (Wildman–Crippen LogP) is 2.83. The fourth-order valence-corrected chi connectivity index (χ4v) is 1.87. The van der Waals surface area contributed by atoms with Gasteiger partial charge in [-0.05, 0) is 12.1 Å². The minimum absolute atomic E-state index is 0.0182. The first kappa shape index (κ1) is 17.8. The third-order valence-corrected chi connectivity index (χ3v) is 3.08. The summed E-state index contributed by atoms with van der Waals surface area (Å²) in [6.07, 6.45) is -1.06. The Labute approximate surface area is 136 Å². The van der Waals surface area contributed by atoms with E-state index >= 15 is 0 Å². The van der Waals surface area contributed by atoms with Crippen LogP contribution in [0, 0.1) is 21.7 Å². The number of non-ortho nitro benzene ring substituents is 1. The molecule has 0 amide bonds. The standard InChI is InChI=1S/C16H15F2NO5/c17-14-4-2-1-3-11(14)8-23-9-13(20)10-24-16-6-5-12(19(21)22)7-15(16)18/h1-7,13,20H,8-10H2. The lowest BCUT2D eigenvalue weighted by atomic mass is 10.2. The summed E-state index contributed by atoms with van der Waals surface area (Å²) in [6.45, 7) is -0.426. The summed E-state index contributed by atoms with van der Waals surface area (Å²) in [6, 6.07) is 9.02. The number of aliphatic hydroxyl groups excluding tert-OH is 1. The number of hydrogen-bond donors (Lipinski definition) is 1. The second kappa shape index (κ2) is 8.32. The minimum Gasteiger partial charge on any atom is -0.488 e. The minimum atomic E-state index is -1.06. The van der Waals surface area contributed by atoms with E-state index in [0.717, 1.165) is 18.2 Å². The summed E-state index contributed by atoms with van der Waals surface area (Å²) in [4.78, 5) is 9.78. The van der Waals surface area contributed by atoms with Crippen LogP contribution in [-0.2, 0) is 11.3 Å². The monoisotopic (exact) mass is 339 g/mol. The fourth-order valence-electron chi connectivity index (χ4n) is 1.87. The van der Waals surface area contributed by atoms with Gasteiger partial charge in [0.1, 0.15) is 18.5 Å². The van der Waals surface area contributed by atoms with Gasteiger partial charge in [0.05, 0.1) is 24.2 Å². The average molecular weight is 339 g/mol. The molecule has 0 aromatic heterocycles. The molecule has 0 radical (unpaired) electrons. The van der Waals surface area contributed by atoms with Crippen molar-refractivity contribution < 1.29 is 28.3 Å². The Kier molecular flexibility index (Phi) is 6.16. The molecule has 2 aromatic rings. The zero-order valence-electron chi connectivity index (χ0n) is 12.5. The second-order valence-corrected chi connectivity index (χ2v) is 4.94. The van der Waals surface area contributed by atoms with Gasteiger partial charge in [0.15, 0.2) is 11.6 Å². The van der Waals surface area contributed by atoms with Gasteiger partial charge in [-0.15, -0.1) is 0 Å². The van der Waals surface area contributed by atoms with E-state index in [1.807, 2.05) is 0 Å². The van der Waals surface area contributed by atoms with Crippen LogP contribution in [0.15, 0.2) is 42.5 Å². The summed E-state index contributed by atoms with van der Waals surface area (Å²) >= 11 is 0. The fraction of sp³-hybridized carbons (Fsp3) is 0.250. The van der Waals surface area contributed by atoms with Crippen LogP contribution in [0.5, 0.6) is 5.75 Å². The van der Waals surface area contributed by atoms with Crippen LogP contribution < -0.4 is 4.74 Å². The molecule has 0 aliphatic rings. The van der Waals surface area contributed by atoms with Gasteiger partial charge in [0.25, 0.3) is 5.69 Å². The lowest BCUT2D eigenvalue weighted by Crippen LogP contribution is -2.23. The molecule has 0 bridgehead atoms. The van der Waals surface area contributed by atoms with E-state index in [1.165, 1.54) is 6.07 Å². The second-order valence-electron chi connectivity index (χ2n) is 4.94. The number of hydrogen-bond acceptors (Lipinski definition) is 5. The lowest BCUT2D eigenvalue weighted by Gasteiger charge is -2.13. The Balaban J connectivity index is 1.78. The molecule has 1 N–H and O–H groups in total. The average Bonchev–Trinajstić information content (AvgIpc) is 2.55. The van der Waals surface area contributed by atoms with E-state index in [0.29, 0.717) is 5.56 Å². The van der Waals surface area contributed by atoms with Crippen LogP contribution in [0.2, 0.25) is 0 Å². The van der Waals surface area contributed by atoms with Gasteiger partial charge in [0.2, 0.25) is 0 Å². The predicted molar refractivity (Wildman–Crippen MR) is 80.6 cm³/mol. The first-order chi connectivity index (χ1) is 11.5. The molecule has 0 aliphatic carbocycles. The van der Waals surface area contributed by atoms with Crippen LogP contribution in [0.1, 0.15) is 5.56 Å². The topological polar surface area (TPSA) is 81.8 Å². The van der Waals surface area contributed by atoms with Crippen molar-refractivity contribution in [3.8, 4) is 5.75 Å². The van der Waals surface area contributed by atoms with E-state index < -0.39 is 28.3 Å². The Morgan fingerprint density at radius 1 is 1.12 bits per heavy atom. The summed E-state index contributed by atoms with van der Waals surface area (Å²) < 4.78 is 37.2. The number of benzene rings is 2. The highest BCUT2D eigenvalue weighted by Gasteiger charge is 2.13. The van der Waals surface area contributed by atoms with Crippen molar-refractivity contribution in [1.82, 2.24) is 0 Å². The van der Waals surface area contributed by atoms with E-state index in [4.69, 9.17) is 9.47 Å². The summed E-state index contributed by atoms with van der Waals surface area (Å²) in [7, 11) is 0. The van der Waals surface area contributed by atoms with Crippen molar-refractivity contribution in [2.75, 3.05) is 13.2 Å². The Bertz CT molecular complexity index is 711. The third-order valence-electron chi connectivity index (χ3n) is 3.08. The van der Waals surface area contributed by atoms with Crippen LogP contribution in [0.25, 0.3) is 0 Å². The SMILES string of the molecule is O=[N+]([O-])c1ccc(OCC(O)COCc2ccccc2F)c(F)c1. The summed E-state index contributed by atoms with van der Waals surface area (Å²) in [5.74, 6) is -1.52. The van der Waals surface area contributed by atoms with Gasteiger partial charge in [-0.1, -0.05) is 18.2 Å². The van der Waals surface area contributed by atoms with Crippen molar-refractivity contribution in [1.29, 1.82) is 0 Å². The van der Waals surface area contributed by atoms with Crippen LogP contribution >= 0.6 is 0 Å². The number of aliphatic hydroxyl groups is 1. The van der Waals surface area contributed by atoms with E-state index in [1.54, 1.807) is 18.2 Å². The Morgan fingerprint density at radius 3 is 2.54 bits per heavy atom. The van der Waals surface area contributed by atoms with Crippen LogP contribution in [-0.4, -0.2) is 29.3 Å². The largest absolute Gasteiger partial charge is 0.488 e. The molecule has 0 aliphatic heterocycles. The van der Waals surface area contributed by atoms with E-state index in [9.17, 15) is 24.0 Å². The molecular formula is C16H15F2NO5. The molecule has 6 nitrogen and oxygen atoms in total. The summed E-state index contributed by atoms with van der Waals surface area (Å²) in [5.41, 5.74) is -0.0411. The Hall–Kier alpha value is -2.58. The molecular weight excluding hydrogens is 324 g/mol. The molecule has 0 heterocycles. The number of rotatable bonds is 8. The van der Waals surface area contributed by atoms with Crippen molar-refractivity contribution in [3.05, 3.63) is 69.8 Å². The van der Waals surface area contributed by atoms with E-state index in [-0.39, 0.29) is 25.6 Å². The van der Waals surface area contributed by atoms with Crippen molar-refractivity contribution in [3.63, 3.8) is 0 Å². The van der Waals surface area contributed by atoms with E-state index in [2.05, 4.69) is 0 Å². The zero-order valence-corrected chi connectivity index (χ0v) is 12.5. The van der Waals surface area contributed by atoms with Crippen LogP contribution in [0.4, 0.5) is 14.5 Å².